The molecule has 0 spiro atoms. The highest BCUT2D eigenvalue weighted by molar-refractivity contribution is 6.30. The number of rotatable bonds is 6. The van der Waals surface area contributed by atoms with Crippen LogP contribution in [0.5, 0.6) is 0 Å². The van der Waals surface area contributed by atoms with Gasteiger partial charge in [0.05, 0.1) is 0 Å². The minimum Gasteiger partial charge on any atom is -0.444 e. The van der Waals surface area contributed by atoms with Crippen molar-refractivity contribution in [2.45, 2.75) is 45.6 Å². The quantitative estimate of drug-likeness (QED) is 0.737. The lowest BCUT2D eigenvalue weighted by Gasteiger charge is -2.35. The van der Waals surface area contributed by atoms with Crippen LogP contribution in [0.2, 0.25) is 5.02 Å². The van der Waals surface area contributed by atoms with Crippen molar-refractivity contribution >= 4 is 29.5 Å². The number of piperidine rings is 1. The number of nitrogens with zero attached hydrogens (tertiary/aromatic N) is 2. The average molecular weight is 438 g/mol. The monoisotopic (exact) mass is 437 g/mol. The highest BCUT2D eigenvalue weighted by atomic mass is 35.5. The van der Waals surface area contributed by atoms with E-state index in [4.69, 9.17) is 16.3 Å². The number of ether oxygens (including phenoxy) is 1. The van der Waals surface area contributed by atoms with Gasteiger partial charge in [0, 0.05) is 50.2 Å². The minimum atomic E-state index is -0.531. The van der Waals surface area contributed by atoms with Crippen molar-refractivity contribution in [2.75, 3.05) is 33.2 Å². The first-order chi connectivity index (χ1) is 14.0. The molecule has 0 saturated carbocycles. The maximum atomic E-state index is 12.6. The van der Waals surface area contributed by atoms with E-state index in [9.17, 15) is 14.4 Å². The Morgan fingerprint density at radius 3 is 2.53 bits per heavy atom. The summed E-state index contributed by atoms with van der Waals surface area (Å²) in [6.45, 7) is 7.65. The number of amides is 3. The van der Waals surface area contributed by atoms with Crippen LogP contribution in [-0.2, 0) is 9.53 Å². The van der Waals surface area contributed by atoms with Crippen LogP contribution in [0.25, 0.3) is 0 Å². The number of carbonyl (C=O) groups is 3. The second-order valence-corrected chi connectivity index (χ2v) is 9.16. The van der Waals surface area contributed by atoms with E-state index in [-0.39, 0.29) is 36.8 Å². The molecule has 7 nitrogen and oxygen atoms in total. The molecule has 1 aliphatic rings. The summed E-state index contributed by atoms with van der Waals surface area (Å²) in [6.07, 6.45) is 1.75. The van der Waals surface area contributed by atoms with Crippen molar-refractivity contribution in [3.05, 3.63) is 34.9 Å². The Kier molecular flexibility index (Phi) is 8.53. The molecule has 1 N–H and O–H groups in total. The van der Waals surface area contributed by atoms with Gasteiger partial charge in [0.15, 0.2) is 0 Å². The van der Waals surface area contributed by atoms with Crippen molar-refractivity contribution in [3.63, 3.8) is 0 Å². The molecular weight excluding hydrogens is 406 g/mol. The van der Waals surface area contributed by atoms with E-state index in [1.165, 1.54) is 0 Å². The summed E-state index contributed by atoms with van der Waals surface area (Å²) in [4.78, 5) is 40.3. The standard InChI is InChI=1S/C22H32ClN3O4/c1-22(2,3)30-21(29)25(4)14-16-6-5-13-26(15-16)19(27)11-12-24-20(28)17-7-9-18(23)10-8-17/h7-10,16H,5-6,11-15H2,1-4H3,(H,24,28). The molecular formula is C22H32ClN3O4. The summed E-state index contributed by atoms with van der Waals surface area (Å²) >= 11 is 5.83. The Morgan fingerprint density at radius 2 is 1.90 bits per heavy atom. The molecule has 30 heavy (non-hydrogen) atoms. The van der Waals surface area contributed by atoms with Gasteiger partial charge in [-0.2, -0.15) is 0 Å². The first kappa shape index (κ1) is 24.0. The van der Waals surface area contributed by atoms with Gasteiger partial charge in [0.1, 0.15) is 5.60 Å². The first-order valence-electron chi connectivity index (χ1n) is 10.3. The van der Waals surface area contributed by atoms with E-state index in [1.807, 2.05) is 25.7 Å². The Labute approximate surface area is 183 Å². The van der Waals surface area contributed by atoms with Gasteiger partial charge in [-0.1, -0.05) is 11.6 Å². The fourth-order valence-electron chi connectivity index (χ4n) is 3.39. The molecule has 0 radical (unpaired) electrons. The summed E-state index contributed by atoms with van der Waals surface area (Å²) in [5.41, 5.74) is -0.0221. The maximum absolute atomic E-state index is 12.6. The fraction of sp³-hybridized carbons (Fsp3) is 0.591. The predicted molar refractivity (Wildman–Crippen MR) is 117 cm³/mol. The van der Waals surface area contributed by atoms with Crippen molar-refractivity contribution in [1.29, 1.82) is 0 Å². The highest BCUT2D eigenvalue weighted by Gasteiger charge is 2.27. The zero-order valence-electron chi connectivity index (χ0n) is 18.2. The zero-order valence-corrected chi connectivity index (χ0v) is 19.0. The Balaban J connectivity index is 1.76. The molecule has 1 fully saturated rings. The Morgan fingerprint density at radius 1 is 1.23 bits per heavy atom. The topological polar surface area (TPSA) is 79.0 Å². The van der Waals surface area contributed by atoms with Crippen molar-refractivity contribution in [3.8, 4) is 0 Å². The van der Waals surface area contributed by atoms with Gasteiger partial charge in [0.25, 0.3) is 5.91 Å². The van der Waals surface area contributed by atoms with Crippen LogP contribution in [0.3, 0.4) is 0 Å². The zero-order chi connectivity index (χ0) is 22.3. The van der Waals surface area contributed by atoms with Gasteiger partial charge in [-0.15, -0.1) is 0 Å². The predicted octanol–water partition coefficient (Wildman–Crippen LogP) is 3.57. The number of halogens is 1. The largest absolute Gasteiger partial charge is 0.444 e. The fourth-order valence-corrected chi connectivity index (χ4v) is 3.51. The van der Waals surface area contributed by atoms with Crippen LogP contribution >= 0.6 is 11.6 Å². The van der Waals surface area contributed by atoms with E-state index in [0.29, 0.717) is 30.2 Å². The molecule has 2 rings (SSSR count). The molecule has 1 aromatic rings. The number of likely N-dealkylation sites (tertiary alicyclic amines) is 1. The normalized spacial score (nSPS) is 16.7. The van der Waals surface area contributed by atoms with E-state index in [0.717, 1.165) is 12.8 Å². The lowest BCUT2D eigenvalue weighted by atomic mass is 9.97. The summed E-state index contributed by atoms with van der Waals surface area (Å²) < 4.78 is 5.39. The molecule has 166 valence electrons. The third kappa shape index (κ3) is 7.86. The molecule has 1 aromatic carbocycles. The van der Waals surface area contributed by atoms with Gasteiger partial charge in [-0.05, 0) is 63.8 Å². The maximum Gasteiger partial charge on any atom is 0.410 e. The smallest absolute Gasteiger partial charge is 0.410 e. The lowest BCUT2D eigenvalue weighted by molar-refractivity contribution is -0.132. The number of carbonyl (C=O) groups excluding carboxylic acids is 3. The molecule has 8 heteroatoms. The van der Waals surface area contributed by atoms with Crippen LogP contribution in [0.1, 0.15) is 50.4 Å². The van der Waals surface area contributed by atoms with Crippen LogP contribution in [0, 0.1) is 5.92 Å². The van der Waals surface area contributed by atoms with E-state index in [1.54, 1.807) is 36.2 Å². The molecule has 0 aliphatic carbocycles. The van der Waals surface area contributed by atoms with Crippen LogP contribution in [0.15, 0.2) is 24.3 Å². The van der Waals surface area contributed by atoms with Crippen LogP contribution in [0.4, 0.5) is 4.79 Å². The van der Waals surface area contributed by atoms with Crippen molar-refractivity contribution < 1.29 is 19.1 Å². The Hall–Kier alpha value is -2.28. The van der Waals surface area contributed by atoms with Gasteiger partial charge in [-0.25, -0.2) is 4.79 Å². The van der Waals surface area contributed by atoms with E-state index in [2.05, 4.69) is 5.32 Å². The molecule has 3 amide bonds. The van der Waals surface area contributed by atoms with E-state index >= 15 is 0 Å². The van der Waals surface area contributed by atoms with Gasteiger partial charge in [0.2, 0.25) is 5.91 Å². The molecule has 1 aliphatic heterocycles. The number of nitrogens with one attached hydrogen (secondary N) is 1. The number of benzene rings is 1. The molecule has 1 unspecified atom stereocenters. The van der Waals surface area contributed by atoms with Crippen LogP contribution < -0.4 is 5.32 Å². The summed E-state index contributed by atoms with van der Waals surface area (Å²) in [5.74, 6) is -0.00474. The van der Waals surface area contributed by atoms with E-state index < -0.39 is 5.60 Å². The third-order valence-corrected chi connectivity index (χ3v) is 5.09. The number of hydrogen-bond acceptors (Lipinski definition) is 4. The molecule has 0 bridgehead atoms. The summed E-state index contributed by atoms with van der Waals surface area (Å²) in [6, 6.07) is 6.61. The second-order valence-electron chi connectivity index (χ2n) is 8.72. The Bertz CT molecular complexity index is 746. The first-order valence-corrected chi connectivity index (χ1v) is 10.7. The minimum absolute atomic E-state index is 0.0102. The highest BCUT2D eigenvalue weighted by Crippen LogP contribution is 2.19. The third-order valence-electron chi connectivity index (χ3n) is 4.84. The number of hydrogen-bond donors (Lipinski definition) is 1. The van der Waals surface area contributed by atoms with Crippen molar-refractivity contribution in [1.82, 2.24) is 15.1 Å². The van der Waals surface area contributed by atoms with Crippen molar-refractivity contribution in [2.24, 2.45) is 5.92 Å². The molecule has 1 saturated heterocycles. The van der Waals surface area contributed by atoms with Gasteiger partial charge >= 0.3 is 6.09 Å². The summed E-state index contributed by atoms with van der Waals surface area (Å²) in [5, 5.41) is 3.34. The molecule has 1 atom stereocenters. The second kappa shape index (κ2) is 10.7. The molecule has 1 heterocycles. The summed E-state index contributed by atoms with van der Waals surface area (Å²) in [7, 11) is 1.72. The lowest BCUT2D eigenvalue weighted by Crippen LogP contribution is -2.45. The van der Waals surface area contributed by atoms with Crippen LogP contribution in [-0.4, -0.2) is 66.5 Å². The SMILES string of the molecule is CN(CC1CCCN(C(=O)CCNC(=O)c2ccc(Cl)cc2)C1)C(=O)OC(C)(C)C. The van der Waals surface area contributed by atoms with Gasteiger partial charge < -0.3 is 19.9 Å². The molecule has 0 aromatic heterocycles. The van der Waals surface area contributed by atoms with Gasteiger partial charge in [-0.3, -0.25) is 9.59 Å². The average Bonchev–Trinajstić information content (AvgIpc) is 2.67.